The highest BCUT2D eigenvalue weighted by Gasteiger charge is 2.31. The van der Waals surface area contributed by atoms with Crippen LogP contribution in [0.4, 0.5) is 5.69 Å². The zero-order valence-electron chi connectivity index (χ0n) is 14.9. The maximum Gasteiger partial charge on any atom is 0.375 e. The summed E-state index contributed by atoms with van der Waals surface area (Å²) in [6.45, 7) is 0. The Balaban J connectivity index is 2.25. The van der Waals surface area contributed by atoms with E-state index in [-0.39, 0.29) is 11.9 Å². The molecule has 0 fully saturated rings. The maximum atomic E-state index is 12.0. The molecule has 1 N–H and O–H groups in total. The molecule has 0 aliphatic carbocycles. The van der Waals surface area contributed by atoms with Crippen LogP contribution in [0.15, 0.2) is 96.2 Å². The van der Waals surface area contributed by atoms with Crippen LogP contribution in [-0.2, 0) is 9.63 Å². The minimum atomic E-state index is -1.17. The largest absolute Gasteiger partial charge is 0.475 e. The third kappa shape index (κ3) is 4.15. The Kier molecular flexibility index (Phi) is 5.84. The molecule has 3 aromatic carbocycles. The number of amidine groups is 1. The number of nitrogens with zero attached hydrogens (tertiary/aromatic N) is 2. The van der Waals surface area contributed by atoms with Gasteiger partial charge in [0.25, 0.3) is 5.84 Å². The number of para-hydroxylation sites is 1. The molecular formula is C22H20N2O3. The van der Waals surface area contributed by atoms with Gasteiger partial charge >= 0.3 is 5.97 Å². The van der Waals surface area contributed by atoms with E-state index in [0.29, 0.717) is 5.69 Å². The number of hydrogen-bond acceptors (Lipinski definition) is 3. The number of rotatable bonds is 5. The summed E-state index contributed by atoms with van der Waals surface area (Å²) in [7, 11) is 1.34. The Morgan fingerprint density at radius 1 is 0.852 bits per heavy atom. The molecule has 3 rings (SSSR count). The molecule has 136 valence electrons. The lowest BCUT2D eigenvalue weighted by atomic mass is 9.96. The molecule has 0 radical (unpaired) electrons. The van der Waals surface area contributed by atoms with Crippen LogP contribution in [0.5, 0.6) is 0 Å². The van der Waals surface area contributed by atoms with Crippen LogP contribution >= 0.6 is 0 Å². The molecule has 5 nitrogen and oxygen atoms in total. The summed E-state index contributed by atoms with van der Waals surface area (Å²) in [5.41, 5.74) is 2.59. The third-order valence-electron chi connectivity index (χ3n) is 4.12. The van der Waals surface area contributed by atoms with Crippen LogP contribution in [0.3, 0.4) is 0 Å². The van der Waals surface area contributed by atoms with E-state index in [1.54, 1.807) is 4.90 Å². The Hall–Kier alpha value is -3.60. The second kappa shape index (κ2) is 8.67. The van der Waals surface area contributed by atoms with Gasteiger partial charge in [-0.2, -0.15) is 0 Å². The van der Waals surface area contributed by atoms with Gasteiger partial charge in [-0.25, -0.2) is 4.79 Å². The molecule has 3 aromatic rings. The van der Waals surface area contributed by atoms with Gasteiger partial charge in [0.1, 0.15) is 7.11 Å². The Bertz CT molecular complexity index is 857. The lowest BCUT2D eigenvalue weighted by Gasteiger charge is -2.33. The van der Waals surface area contributed by atoms with E-state index >= 15 is 0 Å². The van der Waals surface area contributed by atoms with Gasteiger partial charge in [-0.3, -0.25) is 0 Å². The zero-order chi connectivity index (χ0) is 19.1. The number of anilines is 1. The van der Waals surface area contributed by atoms with Crippen molar-refractivity contribution in [1.82, 2.24) is 0 Å². The van der Waals surface area contributed by atoms with Crippen molar-refractivity contribution in [2.24, 2.45) is 5.16 Å². The quantitative estimate of drug-likeness (QED) is 0.418. The monoisotopic (exact) mass is 360 g/mol. The van der Waals surface area contributed by atoms with E-state index in [9.17, 15) is 9.90 Å². The Labute approximate surface area is 158 Å². The molecule has 0 unspecified atom stereocenters. The second-order valence-corrected chi connectivity index (χ2v) is 5.83. The standard InChI is InChI=1S/C22H20N2O3/c1-27-23-21(22(25)26)24(19-15-9-4-10-16-19)20(17-11-5-2-6-12-17)18-13-7-3-8-14-18/h2-16,20H,1H3,(H,25,26). The lowest BCUT2D eigenvalue weighted by Crippen LogP contribution is -2.40. The number of carboxylic acid groups (broad SMARTS) is 1. The molecule has 27 heavy (non-hydrogen) atoms. The van der Waals surface area contributed by atoms with Crippen LogP contribution in [0.1, 0.15) is 17.2 Å². The molecule has 0 bridgehead atoms. The van der Waals surface area contributed by atoms with Crippen molar-refractivity contribution < 1.29 is 14.7 Å². The number of oxime groups is 1. The Morgan fingerprint density at radius 2 is 1.30 bits per heavy atom. The van der Waals surface area contributed by atoms with Crippen molar-refractivity contribution in [3.05, 3.63) is 102 Å². The topological polar surface area (TPSA) is 62.1 Å². The molecule has 0 heterocycles. The average molecular weight is 360 g/mol. The first-order chi connectivity index (χ1) is 13.2. The van der Waals surface area contributed by atoms with E-state index in [2.05, 4.69) is 5.16 Å². The van der Waals surface area contributed by atoms with Gasteiger partial charge < -0.3 is 14.8 Å². The smallest absolute Gasteiger partial charge is 0.375 e. The number of benzene rings is 3. The molecule has 0 spiro atoms. The summed E-state index contributed by atoms with van der Waals surface area (Å²) in [4.78, 5) is 18.6. The number of carboxylic acids is 1. The first-order valence-electron chi connectivity index (χ1n) is 8.51. The summed E-state index contributed by atoms with van der Waals surface area (Å²) >= 11 is 0. The molecule has 0 aliphatic heterocycles. The van der Waals surface area contributed by atoms with Crippen molar-refractivity contribution in [1.29, 1.82) is 0 Å². The van der Waals surface area contributed by atoms with E-state index < -0.39 is 5.97 Å². The second-order valence-electron chi connectivity index (χ2n) is 5.83. The number of hydrogen-bond donors (Lipinski definition) is 1. The van der Waals surface area contributed by atoms with Gasteiger partial charge in [-0.15, -0.1) is 0 Å². The van der Waals surface area contributed by atoms with Crippen LogP contribution in [0.25, 0.3) is 0 Å². The van der Waals surface area contributed by atoms with Crippen LogP contribution in [-0.4, -0.2) is 24.0 Å². The fraction of sp³-hybridized carbons (Fsp3) is 0.0909. The van der Waals surface area contributed by atoms with Gasteiger partial charge in [0.05, 0.1) is 6.04 Å². The van der Waals surface area contributed by atoms with Crippen LogP contribution in [0, 0.1) is 0 Å². The summed E-state index contributed by atoms with van der Waals surface area (Å²) in [6.07, 6.45) is 0. The van der Waals surface area contributed by atoms with E-state index in [1.807, 2.05) is 91.0 Å². The van der Waals surface area contributed by atoms with Gasteiger partial charge in [0.2, 0.25) is 0 Å². The van der Waals surface area contributed by atoms with Gasteiger partial charge in [-0.05, 0) is 23.3 Å². The van der Waals surface area contributed by atoms with Crippen LogP contribution < -0.4 is 4.90 Å². The summed E-state index contributed by atoms with van der Waals surface area (Å²) in [6, 6.07) is 28.4. The SMILES string of the molecule is CON=C(C(=O)O)N(c1ccccc1)C(c1ccccc1)c1ccccc1. The number of carbonyl (C=O) groups is 1. The predicted octanol–water partition coefficient (Wildman–Crippen LogP) is 4.33. The summed E-state index contributed by atoms with van der Waals surface area (Å²) in [5.74, 6) is -1.36. The third-order valence-corrected chi connectivity index (χ3v) is 4.12. The van der Waals surface area contributed by atoms with E-state index in [4.69, 9.17) is 4.84 Å². The van der Waals surface area contributed by atoms with Crippen LogP contribution in [0.2, 0.25) is 0 Å². The highest BCUT2D eigenvalue weighted by Crippen LogP contribution is 2.33. The maximum absolute atomic E-state index is 12.0. The Morgan fingerprint density at radius 3 is 1.70 bits per heavy atom. The zero-order valence-corrected chi connectivity index (χ0v) is 14.9. The molecule has 0 aliphatic rings. The highest BCUT2D eigenvalue weighted by molar-refractivity contribution is 6.40. The summed E-state index contributed by atoms with van der Waals surface area (Å²) < 4.78 is 0. The van der Waals surface area contributed by atoms with E-state index in [1.165, 1.54) is 7.11 Å². The van der Waals surface area contributed by atoms with Gasteiger partial charge in [0.15, 0.2) is 0 Å². The van der Waals surface area contributed by atoms with Crippen molar-refractivity contribution in [2.45, 2.75) is 6.04 Å². The minimum absolute atomic E-state index is 0.193. The molecule has 0 aromatic heterocycles. The molecule has 0 amide bonds. The average Bonchev–Trinajstić information content (AvgIpc) is 2.72. The fourth-order valence-corrected chi connectivity index (χ4v) is 3.02. The number of aliphatic carboxylic acids is 1. The van der Waals surface area contributed by atoms with Crippen molar-refractivity contribution >= 4 is 17.5 Å². The first-order valence-corrected chi connectivity index (χ1v) is 8.51. The van der Waals surface area contributed by atoms with Crippen molar-refractivity contribution in [3.8, 4) is 0 Å². The van der Waals surface area contributed by atoms with Crippen molar-refractivity contribution in [3.63, 3.8) is 0 Å². The van der Waals surface area contributed by atoms with Crippen molar-refractivity contribution in [2.75, 3.05) is 12.0 Å². The molecule has 0 saturated heterocycles. The molecule has 5 heteroatoms. The minimum Gasteiger partial charge on any atom is -0.475 e. The first kappa shape index (κ1) is 18.2. The normalized spacial score (nSPS) is 11.3. The lowest BCUT2D eigenvalue weighted by molar-refractivity contribution is -0.129. The van der Waals surface area contributed by atoms with Gasteiger partial charge in [-0.1, -0.05) is 84.0 Å². The molecule has 0 saturated carbocycles. The fourth-order valence-electron chi connectivity index (χ4n) is 3.02. The highest BCUT2D eigenvalue weighted by atomic mass is 16.6. The van der Waals surface area contributed by atoms with Gasteiger partial charge in [0, 0.05) is 5.69 Å². The molecule has 0 atom stereocenters. The summed E-state index contributed by atoms with van der Waals surface area (Å²) in [5, 5.41) is 13.6. The predicted molar refractivity (Wildman–Crippen MR) is 106 cm³/mol. The molecular weight excluding hydrogens is 340 g/mol. The van der Waals surface area contributed by atoms with E-state index in [0.717, 1.165) is 11.1 Å².